The third kappa shape index (κ3) is 2.42. The lowest BCUT2D eigenvalue weighted by Gasteiger charge is -2.23. The first-order valence-corrected chi connectivity index (χ1v) is 6.45. The molecule has 0 saturated carbocycles. The molecule has 1 aromatic rings. The normalized spacial score (nSPS) is 20.3. The van der Waals surface area contributed by atoms with E-state index in [0.717, 1.165) is 30.5 Å². The van der Waals surface area contributed by atoms with Gasteiger partial charge in [-0.2, -0.15) is 0 Å². The van der Waals surface area contributed by atoms with Gasteiger partial charge < -0.3 is 5.32 Å². The van der Waals surface area contributed by atoms with Crippen LogP contribution < -0.4 is 5.32 Å². The topological polar surface area (TPSA) is 29.1 Å². The molecule has 1 heterocycles. The molecule has 2 rings (SSSR count). The Morgan fingerprint density at radius 3 is 2.59 bits per heavy atom. The quantitative estimate of drug-likeness (QED) is 0.793. The molecule has 1 aromatic carbocycles. The van der Waals surface area contributed by atoms with E-state index in [-0.39, 0.29) is 11.8 Å². The van der Waals surface area contributed by atoms with E-state index in [9.17, 15) is 4.79 Å². The van der Waals surface area contributed by atoms with Crippen molar-refractivity contribution in [3.8, 4) is 0 Å². The molecule has 92 valence electrons. The van der Waals surface area contributed by atoms with Crippen LogP contribution >= 0.6 is 0 Å². The Morgan fingerprint density at radius 1 is 1.18 bits per heavy atom. The largest absolute Gasteiger partial charge is 0.307 e. The summed E-state index contributed by atoms with van der Waals surface area (Å²) in [5.41, 5.74) is 4.54. The Hall–Kier alpha value is -1.15. The average Bonchev–Trinajstić information content (AvgIpc) is 2.36. The van der Waals surface area contributed by atoms with Gasteiger partial charge >= 0.3 is 0 Å². The highest BCUT2D eigenvalue weighted by Gasteiger charge is 2.23. The third-order valence-electron chi connectivity index (χ3n) is 3.95. The Labute approximate surface area is 103 Å². The zero-order valence-corrected chi connectivity index (χ0v) is 11.0. The van der Waals surface area contributed by atoms with E-state index in [0.29, 0.717) is 0 Å². The lowest BCUT2D eigenvalue weighted by molar-refractivity contribution is 0.0926. The van der Waals surface area contributed by atoms with Gasteiger partial charge in [0.15, 0.2) is 5.78 Å². The molecule has 2 heteroatoms. The summed E-state index contributed by atoms with van der Waals surface area (Å²) in [7, 11) is 0. The summed E-state index contributed by atoms with van der Waals surface area (Å²) in [5, 5.41) is 3.33. The summed E-state index contributed by atoms with van der Waals surface area (Å²) in [6, 6.07) is 4.07. The number of piperidine rings is 1. The van der Waals surface area contributed by atoms with E-state index in [4.69, 9.17) is 0 Å². The van der Waals surface area contributed by atoms with Gasteiger partial charge in [0.05, 0.1) is 6.04 Å². The van der Waals surface area contributed by atoms with Gasteiger partial charge in [-0.15, -0.1) is 0 Å². The number of nitrogens with one attached hydrogen (secondary N) is 1. The zero-order chi connectivity index (χ0) is 12.4. The van der Waals surface area contributed by atoms with Gasteiger partial charge in [-0.05, 0) is 56.8 Å². The van der Waals surface area contributed by atoms with Crippen LogP contribution in [0.1, 0.15) is 46.3 Å². The minimum atomic E-state index is 0.0320. The fourth-order valence-corrected chi connectivity index (χ4v) is 2.49. The predicted octanol–water partition coefficient (Wildman–Crippen LogP) is 2.94. The Kier molecular flexibility index (Phi) is 3.63. The molecule has 0 radical (unpaired) electrons. The van der Waals surface area contributed by atoms with Crippen molar-refractivity contribution in [3.05, 3.63) is 34.4 Å². The van der Waals surface area contributed by atoms with Crippen LogP contribution in [0.15, 0.2) is 12.1 Å². The molecule has 0 aromatic heterocycles. The second-order valence-electron chi connectivity index (χ2n) is 5.05. The second-order valence-corrected chi connectivity index (χ2v) is 5.05. The van der Waals surface area contributed by atoms with Crippen molar-refractivity contribution in [2.75, 3.05) is 6.54 Å². The van der Waals surface area contributed by atoms with Crippen molar-refractivity contribution in [2.45, 2.75) is 46.1 Å². The smallest absolute Gasteiger partial charge is 0.179 e. The first-order chi connectivity index (χ1) is 8.11. The SMILES string of the molecule is Cc1ccc(C(=O)C2CCCCN2)c(C)c1C. The summed E-state index contributed by atoms with van der Waals surface area (Å²) in [6.45, 7) is 7.21. The van der Waals surface area contributed by atoms with Gasteiger partial charge in [-0.1, -0.05) is 18.6 Å². The molecule has 0 spiro atoms. The molecule has 0 amide bonds. The first-order valence-electron chi connectivity index (χ1n) is 6.45. The number of benzene rings is 1. The highest BCUT2D eigenvalue weighted by atomic mass is 16.1. The van der Waals surface area contributed by atoms with Crippen LogP contribution in [0.4, 0.5) is 0 Å². The van der Waals surface area contributed by atoms with Gasteiger partial charge in [0, 0.05) is 5.56 Å². The minimum absolute atomic E-state index is 0.0320. The van der Waals surface area contributed by atoms with E-state index < -0.39 is 0 Å². The summed E-state index contributed by atoms with van der Waals surface area (Å²) in [4.78, 5) is 12.4. The highest BCUT2D eigenvalue weighted by molar-refractivity contribution is 6.01. The van der Waals surface area contributed by atoms with Crippen LogP contribution in [-0.4, -0.2) is 18.4 Å². The van der Waals surface area contributed by atoms with Gasteiger partial charge in [-0.3, -0.25) is 4.79 Å². The molecular formula is C15H21NO. The molecule has 17 heavy (non-hydrogen) atoms. The van der Waals surface area contributed by atoms with Gasteiger partial charge in [0.2, 0.25) is 0 Å². The monoisotopic (exact) mass is 231 g/mol. The lowest BCUT2D eigenvalue weighted by Crippen LogP contribution is -2.40. The number of carbonyl (C=O) groups excluding carboxylic acids is 1. The fourth-order valence-electron chi connectivity index (χ4n) is 2.49. The van der Waals surface area contributed by atoms with Crippen LogP contribution in [-0.2, 0) is 0 Å². The summed E-state index contributed by atoms with van der Waals surface area (Å²) >= 11 is 0. The van der Waals surface area contributed by atoms with E-state index in [1.54, 1.807) is 0 Å². The number of Topliss-reactive ketones (excluding diaryl/α,β-unsaturated/α-hetero) is 1. The maximum Gasteiger partial charge on any atom is 0.179 e. The molecular weight excluding hydrogens is 210 g/mol. The number of hydrogen-bond acceptors (Lipinski definition) is 2. The van der Waals surface area contributed by atoms with Crippen molar-refractivity contribution in [1.82, 2.24) is 5.32 Å². The third-order valence-corrected chi connectivity index (χ3v) is 3.95. The molecule has 1 atom stereocenters. The van der Waals surface area contributed by atoms with Crippen molar-refractivity contribution in [2.24, 2.45) is 0 Å². The van der Waals surface area contributed by atoms with Gasteiger partial charge in [0.25, 0.3) is 0 Å². The fraction of sp³-hybridized carbons (Fsp3) is 0.533. The second kappa shape index (κ2) is 5.01. The maximum atomic E-state index is 12.4. The van der Waals surface area contributed by atoms with E-state index in [1.165, 1.54) is 17.5 Å². The van der Waals surface area contributed by atoms with E-state index in [1.807, 2.05) is 6.07 Å². The molecule has 1 aliphatic rings. The van der Waals surface area contributed by atoms with E-state index in [2.05, 4.69) is 32.2 Å². The Balaban J connectivity index is 2.27. The van der Waals surface area contributed by atoms with Crippen LogP contribution in [0.5, 0.6) is 0 Å². The summed E-state index contributed by atoms with van der Waals surface area (Å²) < 4.78 is 0. The van der Waals surface area contributed by atoms with Crippen LogP contribution in [0.2, 0.25) is 0 Å². The molecule has 1 aliphatic heterocycles. The standard InChI is InChI=1S/C15H21NO/c1-10-7-8-13(12(3)11(10)2)15(17)14-6-4-5-9-16-14/h7-8,14,16H,4-6,9H2,1-3H3. The molecule has 1 fully saturated rings. The number of carbonyl (C=O) groups is 1. The minimum Gasteiger partial charge on any atom is -0.307 e. The number of aryl methyl sites for hydroxylation is 1. The highest BCUT2D eigenvalue weighted by Crippen LogP contribution is 2.20. The summed E-state index contributed by atoms with van der Waals surface area (Å²) in [5.74, 6) is 0.269. The predicted molar refractivity (Wildman–Crippen MR) is 70.6 cm³/mol. The molecule has 2 nitrogen and oxygen atoms in total. The van der Waals surface area contributed by atoms with Gasteiger partial charge in [-0.25, -0.2) is 0 Å². The van der Waals surface area contributed by atoms with Crippen LogP contribution in [0, 0.1) is 20.8 Å². The van der Waals surface area contributed by atoms with Crippen LogP contribution in [0.3, 0.4) is 0 Å². The van der Waals surface area contributed by atoms with Crippen molar-refractivity contribution in [1.29, 1.82) is 0 Å². The maximum absolute atomic E-state index is 12.4. The molecule has 1 saturated heterocycles. The van der Waals surface area contributed by atoms with Crippen LogP contribution in [0.25, 0.3) is 0 Å². The molecule has 0 bridgehead atoms. The van der Waals surface area contributed by atoms with Gasteiger partial charge in [0.1, 0.15) is 0 Å². The molecule has 1 unspecified atom stereocenters. The summed E-state index contributed by atoms with van der Waals surface area (Å²) in [6.07, 6.45) is 3.33. The Morgan fingerprint density at radius 2 is 1.94 bits per heavy atom. The van der Waals surface area contributed by atoms with Crippen molar-refractivity contribution >= 4 is 5.78 Å². The average molecular weight is 231 g/mol. The number of rotatable bonds is 2. The Bertz CT molecular complexity index is 431. The lowest BCUT2D eigenvalue weighted by atomic mass is 9.91. The van der Waals surface area contributed by atoms with Crippen molar-refractivity contribution < 1.29 is 4.79 Å². The number of ketones is 1. The first kappa shape index (κ1) is 12.3. The molecule has 1 N–H and O–H groups in total. The van der Waals surface area contributed by atoms with E-state index >= 15 is 0 Å². The number of hydrogen-bond donors (Lipinski definition) is 1. The molecule has 0 aliphatic carbocycles. The van der Waals surface area contributed by atoms with Crippen molar-refractivity contribution in [3.63, 3.8) is 0 Å². The zero-order valence-electron chi connectivity index (χ0n) is 11.0.